The van der Waals surface area contributed by atoms with Gasteiger partial charge in [-0.15, -0.1) is 0 Å². The van der Waals surface area contributed by atoms with Crippen LogP contribution >= 0.6 is 0 Å². The van der Waals surface area contributed by atoms with Crippen LogP contribution in [-0.2, 0) is 6.42 Å². The molecule has 0 bridgehead atoms. The van der Waals surface area contributed by atoms with Gasteiger partial charge in [-0.25, -0.2) is 4.68 Å². The van der Waals surface area contributed by atoms with Gasteiger partial charge < -0.3 is 14.8 Å². The Bertz CT molecular complexity index is 951. The van der Waals surface area contributed by atoms with E-state index in [-0.39, 0.29) is 12.7 Å². The highest BCUT2D eigenvalue weighted by Crippen LogP contribution is 2.32. The Hall–Kier alpha value is -3.28. The smallest absolute Gasteiger partial charge is 0.251 e. The van der Waals surface area contributed by atoms with Crippen LogP contribution in [0.3, 0.4) is 0 Å². The second-order valence-corrected chi connectivity index (χ2v) is 6.45. The lowest BCUT2D eigenvalue weighted by Gasteiger charge is -2.06. The van der Waals surface area contributed by atoms with Crippen LogP contribution in [0.4, 0.5) is 0 Å². The zero-order valence-electron chi connectivity index (χ0n) is 15.1. The molecule has 0 radical (unpaired) electrons. The molecule has 6 nitrogen and oxygen atoms in total. The Morgan fingerprint density at radius 2 is 1.96 bits per heavy atom. The maximum atomic E-state index is 12.3. The maximum absolute atomic E-state index is 12.3. The van der Waals surface area contributed by atoms with Gasteiger partial charge in [0.1, 0.15) is 0 Å². The number of aromatic nitrogens is 2. The van der Waals surface area contributed by atoms with Gasteiger partial charge in [-0.1, -0.05) is 18.2 Å². The summed E-state index contributed by atoms with van der Waals surface area (Å²) in [6.07, 6.45) is 3.77. The first-order valence-corrected chi connectivity index (χ1v) is 8.99. The molecule has 4 rings (SSSR count). The Labute approximate surface area is 157 Å². The van der Waals surface area contributed by atoms with Gasteiger partial charge in [0.2, 0.25) is 6.79 Å². The molecule has 0 saturated carbocycles. The number of benzene rings is 2. The fraction of sp³-hybridized carbons (Fsp3) is 0.238. The molecule has 0 aliphatic carbocycles. The molecule has 27 heavy (non-hydrogen) atoms. The van der Waals surface area contributed by atoms with Gasteiger partial charge in [-0.3, -0.25) is 4.79 Å². The van der Waals surface area contributed by atoms with Crippen LogP contribution in [0.2, 0.25) is 0 Å². The molecule has 138 valence electrons. The summed E-state index contributed by atoms with van der Waals surface area (Å²) in [5.41, 5.74) is 3.83. The minimum atomic E-state index is -0.106. The van der Waals surface area contributed by atoms with Crippen LogP contribution in [-0.4, -0.2) is 29.0 Å². The van der Waals surface area contributed by atoms with E-state index in [1.807, 2.05) is 41.9 Å². The number of rotatable bonds is 6. The van der Waals surface area contributed by atoms with Gasteiger partial charge >= 0.3 is 0 Å². The second kappa shape index (κ2) is 7.53. The number of nitrogens with zero attached hydrogens (tertiary/aromatic N) is 2. The summed E-state index contributed by atoms with van der Waals surface area (Å²) >= 11 is 0. The van der Waals surface area contributed by atoms with E-state index >= 15 is 0 Å². The zero-order chi connectivity index (χ0) is 18.6. The summed E-state index contributed by atoms with van der Waals surface area (Å²) in [6, 6.07) is 15.3. The number of hydrogen-bond donors (Lipinski definition) is 1. The predicted molar refractivity (Wildman–Crippen MR) is 102 cm³/mol. The fourth-order valence-corrected chi connectivity index (χ4v) is 3.07. The zero-order valence-corrected chi connectivity index (χ0v) is 15.1. The largest absolute Gasteiger partial charge is 0.454 e. The molecule has 0 saturated heterocycles. The first-order valence-electron chi connectivity index (χ1n) is 8.99. The molecule has 2 heterocycles. The topological polar surface area (TPSA) is 65.4 Å². The van der Waals surface area contributed by atoms with Crippen molar-refractivity contribution in [2.24, 2.45) is 0 Å². The van der Waals surface area contributed by atoms with Crippen molar-refractivity contribution in [2.45, 2.75) is 19.8 Å². The van der Waals surface area contributed by atoms with Crippen molar-refractivity contribution in [3.8, 4) is 17.2 Å². The van der Waals surface area contributed by atoms with Gasteiger partial charge in [0.25, 0.3) is 5.91 Å². The van der Waals surface area contributed by atoms with E-state index in [1.165, 1.54) is 5.56 Å². The maximum Gasteiger partial charge on any atom is 0.251 e. The van der Waals surface area contributed by atoms with Crippen molar-refractivity contribution in [1.29, 1.82) is 0 Å². The Morgan fingerprint density at radius 1 is 1.15 bits per heavy atom. The second-order valence-electron chi connectivity index (χ2n) is 6.45. The molecule has 0 spiro atoms. The summed E-state index contributed by atoms with van der Waals surface area (Å²) in [5.74, 6) is 1.19. The summed E-state index contributed by atoms with van der Waals surface area (Å²) in [7, 11) is 0. The van der Waals surface area contributed by atoms with Gasteiger partial charge in [0.05, 0.1) is 11.4 Å². The van der Waals surface area contributed by atoms with Gasteiger partial charge in [0.15, 0.2) is 11.5 Å². The lowest BCUT2D eigenvalue weighted by Crippen LogP contribution is -2.24. The molecule has 0 unspecified atom stereocenters. The molecule has 0 atom stereocenters. The number of fused-ring (bicyclic) bond motifs is 1. The SMILES string of the molecule is Cc1nn(-c2ccccc2)cc1CCCNC(=O)c1ccc2c(c1)OCO2. The van der Waals surface area contributed by atoms with E-state index in [0.717, 1.165) is 24.2 Å². The van der Waals surface area contributed by atoms with Crippen molar-refractivity contribution in [3.05, 3.63) is 71.5 Å². The van der Waals surface area contributed by atoms with Crippen LogP contribution < -0.4 is 14.8 Å². The molecule has 2 aromatic carbocycles. The third-order valence-electron chi connectivity index (χ3n) is 4.56. The summed E-state index contributed by atoms with van der Waals surface area (Å²) in [4.78, 5) is 12.3. The highest BCUT2D eigenvalue weighted by atomic mass is 16.7. The quantitative estimate of drug-likeness (QED) is 0.683. The average molecular weight is 363 g/mol. The minimum Gasteiger partial charge on any atom is -0.454 e. The molecular formula is C21H21N3O3. The molecule has 1 aliphatic heterocycles. The Morgan fingerprint density at radius 3 is 2.81 bits per heavy atom. The van der Waals surface area contributed by atoms with Crippen LogP contribution in [0.25, 0.3) is 5.69 Å². The number of carbonyl (C=O) groups is 1. The molecule has 0 fully saturated rings. The van der Waals surface area contributed by atoms with Crippen molar-refractivity contribution >= 4 is 5.91 Å². The highest BCUT2D eigenvalue weighted by Gasteiger charge is 2.16. The molecule has 1 aliphatic rings. The third kappa shape index (κ3) is 3.79. The minimum absolute atomic E-state index is 0.106. The molecular weight excluding hydrogens is 342 g/mol. The predicted octanol–water partition coefficient (Wildman–Crippen LogP) is 3.27. The molecule has 1 N–H and O–H groups in total. The number of amides is 1. The van der Waals surface area contributed by atoms with E-state index in [0.29, 0.717) is 23.6 Å². The summed E-state index contributed by atoms with van der Waals surface area (Å²) in [6.45, 7) is 2.82. The van der Waals surface area contributed by atoms with E-state index in [2.05, 4.69) is 16.6 Å². The first kappa shape index (κ1) is 17.1. The van der Waals surface area contributed by atoms with Crippen molar-refractivity contribution in [3.63, 3.8) is 0 Å². The summed E-state index contributed by atoms with van der Waals surface area (Å²) in [5, 5.41) is 7.53. The number of nitrogens with one attached hydrogen (secondary N) is 1. The molecule has 1 amide bonds. The lowest BCUT2D eigenvalue weighted by atomic mass is 10.1. The van der Waals surface area contributed by atoms with E-state index < -0.39 is 0 Å². The van der Waals surface area contributed by atoms with Crippen LogP contribution in [0.5, 0.6) is 11.5 Å². The van der Waals surface area contributed by atoms with Crippen molar-refractivity contribution in [1.82, 2.24) is 15.1 Å². The summed E-state index contributed by atoms with van der Waals surface area (Å²) < 4.78 is 12.5. The number of ether oxygens (including phenoxy) is 2. The molecule has 1 aromatic heterocycles. The third-order valence-corrected chi connectivity index (χ3v) is 4.56. The van der Waals surface area contributed by atoms with E-state index in [4.69, 9.17) is 9.47 Å². The van der Waals surface area contributed by atoms with Crippen molar-refractivity contribution < 1.29 is 14.3 Å². The number of hydrogen-bond acceptors (Lipinski definition) is 4. The van der Waals surface area contributed by atoms with Crippen molar-refractivity contribution in [2.75, 3.05) is 13.3 Å². The average Bonchev–Trinajstić information content (AvgIpc) is 3.31. The number of carbonyl (C=O) groups excluding carboxylic acids is 1. The first-order chi connectivity index (χ1) is 13.2. The number of aryl methyl sites for hydroxylation is 2. The van der Waals surface area contributed by atoms with Crippen LogP contribution in [0.15, 0.2) is 54.7 Å². The van der Waals surface area contributed by atoms with Gasteiger partial charge in [-0.2, -0.15) is 5.10 Å². The monoisotopic (exact) mass is 363 g/mol. The Balaban J connectivity index is 1.30. The van der Waals surface area contributed by atoms with E-state index in [1.54, 1.807) is 18.2 Å². The Kier molecular flexibility index (Phi) is 4.78. The van der Waals surface area contributed by atoms with Crippen LogP contribution in [0, 0.1) is 6.92 Å². The fourth-order valence-electron chi connectivity index (χ4n) is 3.07. The lowest BCUT2D eigenvalue weighted by molar-refractivity contribution is 0.0952. The van der Waals surface area contributed by atoms with E-state index in [9.17, 15) is 4.79 Å². The standard InChI is InChI=1S/C21H21N3O3/c1-15-17(13-24(23-15)18-7-3-2-4-8-18)6-5-11-22-21(25)16-9-10-19-20(12-16)27-14-26-19/h2-4,7-10,12-13H,5-6,11,14H2,1H3,(H,22,25). The highest BCUT2D eigenvalue weighted by molar-refractivity contribution is 5.94. The number of para-hydroxylation sites is 1. The van der Waals surface area contributed by atoms with Gasteiger partial charge in [0, 0.05) is 18.3 Å². The molecule has 6 heteroatoms. The van der Waals surface area contributed by atoms with Crippen LogP contribution in [0.1, 0.15) is 28.0 Å². The van der Waals surface area contributed by atoms with Gasteiger partial charge in [-0.05, 0) is 55.7 Å². The molecule has 3 aromatic rings. The normalized spacial score (nSPS) is 12.2.